The van der Waals surface area contributed by atoms with Crippen molar-refractivity contribution < 1.29 is 19.4 Å². The zero-order chi connectivity index (χ0) is 16.4. The molecule has 5 heteroatoms. The van der Waals surface area contributed by atoms with Gasteiger partial charge in [0, 0.05) is 12.4 Å². The third kappa shape index (κ3) is 2.73. The van der Waals surface area contributed by atoms with Gasteiger partial charge in [0.15, 0.2) is 11.4 Å². The van der Waals surface area contributed by atoms with Gasteiger partial charge in [-0.25, -0.2) is 4.79 Å². The lowest BCUT2D eigenvalue weighted by Crippen LogP contribution is -2.07. The molecule has 0 radical (unpaired) electrons. The van der Waals surface area contributed by atoms with Crippen molar-refractivity contribution in [1.82, 2.24) is 4.57 Å². The minimum Gasteiger partial charge on any atom is -0.505 e. The van der Waals surface area contributed by atoms with Gasteiger partial charge in [-0.15, -0.1) is 0 Å². The molecule has 0 amide bonds. The number of aryl methyl sites for hydroxylation is 1. The summed E-state index contributed by atoms with van der Waals surface area (Å²) in [6.07, 6.45) is 0. The number of esters is 1. The molecule has 23 heavy (non-hydrogen) atoms. The number of methoxy groups -OCH3 is 1. The fourth-order valence-corrected chi connectivity index (χ4v) is 2.57. The van der Waals surface area contributed by atoms with Gasteiger partial charge in [0.25, 0.3) is 0 Å². The second kappa shape index (κ2) is 6.04. The molecule has 1 aromatic heterocycles. The number of rotatable bonds is 4. The van der Waals surface area contributed by atoms with Crippen LogP contribution >= 0.6 is 0 Å². The maximum atomic E-state index is 11.8. The zero-order valence-electron chi connectivity index (χ0n) is 12.9. The van der Waals surface area contributed by atoms with E-state index in [1.165, 1.54) is 7.11 Å². The van der Waals surface area contributed by atoms with Gasteiger partial charge < -0.3 is 19.1 Å². The number of fused-ring (bicyclic) bond motifs is 1. The first kappa shape index (κ1) is 15.0. The highest BCUT2D eigenvalue weighted by Gasteiger charge is 2.21. The summed E-state index contributed by atoms with van der Waals surface area (Å²) in [7, 11) is 2.99. The number of hydrogen-bond donors (Lipinski definition) is 1. The molecule has 118 valence electrons. The Balaban J connectivity index is 1.93. The Labute approximate surface area is 133 Å². The summed E-state index contributed by atoms with van der Waals surface area (Å²) in [5, 5.41) is 10.9. The first-order valence-electron chi connectivity index (χ1n) is 7.18. The van der Waals surface area contributed by atoms with Gasteiger partial charge in [-0.05, 0) is 23.8 Å². The molecule has 0 atom stereocenters. The van der Waals surface area contributed by atoms with E-state index in [9.17, 15) is 9.90 Å². The molecule has 0 saturated carbocycles. The van der Waals surface area contributed by atoms with Crippen molar-refractivity contribution in [2.24, 2.45) is 7.05 Å². The van der Waals surface area contributed by atoms with Crippen LogP contribution in [0.3, 0.4) is 0 Å². The molecule has 0 spiro atoms. The number of aromatic nitrogens is 1. The number of nitrogens with zero attached hydrogens (tertiary/aromatic N) is 1. The van der Waals surface area contributed by atoms with Gasteiger partial charge in [0.05, 0.1) is 12.6 Å². The molecule has 1 heterocycles. The second-order valence-electron chi connectivity index (χ2n) is 5.20. The molecule has 2 aromatic carbocycles. The lowest BCUT2D eigenvalue weighted by molar-refractivity contribution is 0.0587. The Morgan fingerprint density at radius 1 is 1.17 bits per heavy atom. The van der Waals surface area contributed by atoms with E-state index in [1.54, 1.807) is 17.7 Å². The molecule has 5 nitrogen and oxygen atoms in total. The predicted octanol–water partition coefficient (Wildman–Crippen LogP) is 3.25. The van der Waals surface area contributed by atoms with Gasteiger partial charge in [0.1, 0.15) is 12.4 Å². The van der Waals surface area contributed by atoms with Crippen molar-refractivity contribution in [2.75, 3.05) is 7.11 Å². The average molecular weight is 311 g/mol. The molecule has 0 bridgehead atoms. The molecular formula is C18H17NO4. The Hall–Kier alpha value is -2.95. The summed E-state index contributed by atoms with van der Waals surface area (Å²) in [5.41, 5.74) is 1.91. The van der Waals surface area contributed by atoms with E-state index >= 15 is 0 Å². The molecule has 0 fully saturated rings. The van der Waals surface area contributed by atoms with Gasteiger partial charge in [-0.3, -0.25) is 0 Å². The van der Waals surface area contributed by atoms with E-state index in [4.69, 9.17) is 9.47 Å². The molecule has 0 aliphatic heterocycles. The van der Waals surface area contributed by atoms with Gasteiger partial charge >= 0.3 is 5.97 Å². The van der Waals surface area contributed by atoms with Crippen LogP contribution in [0.2, 0.25) is 0 Å². The van der Waals surface area contributed by atoms with E-state index < -0.39 is 5.97 Å². The number of benzene rings is 2. The number of carbonyl (C=O) groups is 1. The molecule has 3 rings (SSSR count). The van der Waals surface area contributed by atoms with Crippen LogP contribution in [0, 0.1) is 0 Å². The largest absolute Gasteiger partial charge is 0.505 e. The van der Waals surface area contributed by atoms with Crippen LogP contribution in [0.4, 0.5) is 0 Å². The third-order valence-corrected chi connectivity index (χ3v) is 3.77. The topological polar surface area (TPSA) is 60.7 Å². The average Bonchev–Trinajstić information content (AvgIpc) is 2.84. The highest BCUT2D eigenvalue weighted by atomic mass is 16.5. The van der Waals surface area contributed by atoms with Gasteiger partial charge in [-0.2, -0.15) is 0 Å². The van der Waals surface area contributed by atoms with Crippen molar-refractivity contribution in [3.8, 4) is 11.5 Å². The maximum Gasteiger partial charge on any atom is 0.358 e. The van der Waals surface area contributed by atoms with Crippen LogP contribution < -0.4 is 4.74 Å². The molecule has 0 aliphatic rings. The van der Waals surface area contributed by atoms with E-state index in [0.717, 1.165) is 11.1 Å². The smallest absolute Gasteiger partial charge is 0.358 e. The summed E-state index contributed by atoms with van der Waals surface area (Å²) >= 11 is 0. The highest BCUT2D eigenvalue weighted by molar-refractivity contribution is 6.01. The van der Waals surface area contributed by atoms with Crippen LogP contribution in [0.1, 0.15) is 16.1 Å². The highest BCUT2D eigenvalue weighted by Crippen LogP contribution is 2.34. The van der Waals surface area contributed by atoms with Crippen LogP contribution in [0.5, 0.6) is 11.5 Å². The Morgan fingerprint density at radius 2 is 1.91 bits per heavy atom. The van der Waals surface area contributed by atoms with E-state index in [1.807, 2.05) is 42.5 Å². The monoisotopic (exact) mass is 311 g/mol. The molecule has 3 aromatic rings. The van der Waals surface area contributed by atoms with E-state index in [2.05, 4.69) is 0 Å². The number of ether oxygens (including phenoxy) is 2. The summed E-state index contributed by atoms with van der Waals surface area (Å²) in [4.78, 5) is 11.8. The minimum absolute atomic E-state index is 0.0977. The van der Waals surface area contributed by atoms with Crippen LogP contribution in [0.25, 0.3) is 10.9 Å². The number of hydrogen-bond acceptors (Lipinski definition) is 4. The van der Waals surface area contributed by atoms with Crippen LogP contribution in [-0.2, 0) is 18.4 Å². The molecule has 0 saturated heterocycles. The lowest BCUT2D eigenvalue weighted by Gasteiger charge is -2.06. The zero-order valence-corrected chi connectivity index (χ0v) is 12.9. The fourth-order valence-electron chi connectivity index (χ4n) is 2.57. The molecule has 0 unspecified atom stereocenters. The number of carbonyl (C=O) groups excluding carboxylic acids is 1. The maximum absolute atomic E-state index is 11.8. The Bertz CT molecular complexity index is 852. The van der Waals surface area contributed by atoms with Crippen LogP contribution in [0.15, 0.2) is 48.5 Å². The summed E-state index contributed by atoms with van der Waals surface area (Å²) in [6, 6.07) is 15.2. The second-order valence-corrected chi connectivity index (χ2v) is 5.20. The molecule has 0 aliphatic carbocycles. The first-order valence-corrected chi connectivity index (χ1v) is 7.18. The van der Waals surface area contributed by atoms with Crippen molar-refractivity contribution >= 4 is 16.9 Å². The molecule has 1 N–H and O–H groups in total. The minimum atomic E-state index is -0.576. The van der Waals surface area contributed by atoms with Gasteiger partial charge in [-0.1, -0.05) is 30.3 Å². The summed E-state index contributed by atoms with van der Waals surface area (Å²) < 4.78 is 12.1. The Morgan fingerprint density at radius 3 is 2.61 bits per heavy atom. The normalized spacial score (nSPS) is 10.7. The standard InChI is InChI=1S/C18H17NO4/c1-19-15-9-8-13(23-11-12-6-4-3-5-7-12)10-14(15)17(20)16(19)18(21)22-2/h3-10,20H,11H2,1-2H3. The summed E-state index contributed by atoms with van der Waals surface area (Å²) in [5.74, 6) is -0.0499. The Kier molecular flexibility index (Phi) is 3.93. The SMILES string of the molecule is COC(=O)c1c(O)c2cc(OCc3ccccc3)ccc2n1C. The van der Waals surface area contributed by atoms with E-state index in [0.29, 0.717) is 17.7 Å². The predicted molar refractivity (Wildman–Crippen MR) is 86.7 cm³/mol. The van der Waals surface area contributed by atoms with Crippen molar-refractivity contribution in [3.05, 3.63) is 59.8 Å². The van der Waals surface area contributed by atoms with Gasteiger partial charge in [0.2, 0.25) is 0 Å². The molecular weight excluding hydrogens is 294 g/mol. The van der Waals surface area contributed by atoms with E-state index in [-0.39, 0.29) is 11.4 Å². The summed E-state index contributed by atoms with van der Waals surface area (Å²) in [6.45, 7) is 0.434. The lowest BCUT2D eigenvalue weighted by atomic mass is 10.2. The number of aromatic hydroxyl groups is 1. The van der Waals surface area contributed by atoms with Crippen molar-refractivity contribution in [2.45, 2.75) is 6.61 Å². The van der Waals surface area contributed by atoms with Crippen molar-refractivity contribution in [3.63, 3.8) is 0 Å². The quantitative estimate of drug-likeness (QED) is 0.751. The van der Waals surface area contributed by atoms with Crippen molar-refractivity contribution in [1.29, 1.82) is 0 Å². The third-order valence-electron chi connectivity index (χ3n) is 3.77. The first-order chi connectivity index (χ1) is 11.1. The fraction of sp³-hybridized carbons (Fsp3) is 0.167. The van der Waals surface area contributed by atoms with Crippen LogP contribution in [-0.4, -0.2) is 22.8 Å².